The molecule has 0 atom stereocenters. The van der Waals surface area contributed by atoms with Gasteiger partial charge in [0, 0.05) is 12.1 Å². The van der Waals surface area contributed by atoms with Crippen LogP contribution in [0.3, 0.4) is 0 Å². The van der Waals surface area contributed by atoms with E-state index >= 15 is 0 Å². The van der Waals surface area contributed by atoms with Crippen molar-refractivity contribution in [3.05, 3.63) is 47.0 Å². The Morgan fingerprint density at radius 3 is 2.88 bits per heavy atom. The van der Waals surface area contributed by atoms with Crippen molar-refractivity contribution >= 4 is 11.7 Å². The number of likely N-dealkylation sites (N-methyl/N-ethyl adjacent to an activating group) is 1. The Balaban J connectivity index is 2.32. The molecular formula is C13H13NO2. The summed E-state index contributed by atoms with van der Waals surface area (Å²) in [6.07, 6.45) is 2.35. The highest BCUT2D eigenvalue weighted by Crippen LogP contribution is 2.20. The molecule has 2 rings (SSSR count). The van der Waals surface area contributed by atoms with Gasteiger partial charge in [0.25, 0.3) is 5.91 Å². The van der Waals surface area contributed by atoms with Crippen LogP contribution in [0.4, 0.5) is 0 Å². The number of carbonyl (C=O) groups is 2. The Labute approximate surface area is 94.2 Å². The summed E-state index contributed by atoms with van der Waals surface area (Å²) < 4.78 is 0. The molecule has 0 radical (unpaired) electrons. The molecule has 1 aromatic rings. The van der Waals surface area contributed by atoms with E-state index in [-0.39, 0.29) is 17.3 Å². The zero-order valence-corrected chi connectivity index (χ0v) is 9.12. The molecule has 0 unspecified atom stereocenters. The Morgan fingerprint density at radius 2 is 2.12 bits per heavy atom. The third-order valence-electron chi connectivity index (χ3n) is 2.61. The molecule has 0 fully saturated rings. The lowest BCUT2D eigenvalue weighted by atomic mass is 9.90. The van der Waals surface area contributed by atoms with Gasteiger partial charge in [-0.15, -0.1) is 0 Å². The summed E-state index contributed by atoms with van der Waals surface area (Å²) in [6, 6.07) is 7.40. The number of benzene rings is 1. The van der Waals surface area contributed by atoms with Crippen molar-refractivity contribution in [3.8, 4) is 0 Å². The molecule has 0 saturated carbocycles. The summed E-state index contributed by atoms with van der Waals surface area (Å²) in [5.74, 6) is -0.449. The van der Waals surface area contributed by atoms with Crippen molar-refractivity contribution in [2.45, 2.75) is 13.3 Å². The first-order chi connectivity index (χ1) is 7.74. The molecule has 1 aliphatic carbocycles. The molecule has 1 aromatic carbocycles. The van der Waals surface area contributed by atoms with Gasteiger partial charge in [-0.2, -0.15) is 0 Å². The monoisotopic (exact) mass is 215 g/mol. The number of fused-ring (bicyclic) bond motifs is 1. The van der Waals surface area contributed by atoms with Gasteiger partial charge in [-0.25, -0.2) is 0 Å². The highest BCUT2D eigenvalue weighted by atomic mass is 16.2. The van der Waals surface area contributed by atoms with Gasteiger partial charge < -0.3 is 5.32 Å². The number of hydrogen-bond acceptors (Lipinski definition) is 2. The van der Waals surface area contributed by atoms with E-state index in [2.05, 4.69) is 5.32 Å². The molecule has 1 aliphatic rings. The van der Waals surface area contributed by atoms with Gasteiger partial charge in [-0.05, 0) is 18.9 Å². The number of hydrogen-bond donors (Lipinski definition) is 1. The van der Waals surface area contributed by atoms with Crippen molar-refractivity contribution in [2.24, 2.45) is 0 Å². The summed E-state index contributed by atoms with van der Waals surface area (Å²) in [5.41, 5.74) is 1.90. The highest BCUT2D eigenvalue weighted by molar-refractivity contribution is 6.26. The normalized spacial score (nSPS) is 14.1. The molecular weight excluding hydrogens is 202 g/mol. The van der Waals surface area contributed by atoms with E-state index in [9.17, 15) is 9.59 Å². The molecule has 3 heteroatoms. The Morgan fingerprint density at radius 1 is 1.38 bits per heavy atom. The average Bonchev–Trinajstić information content (AvgIpc) is 2.30. The standard InChI is InChI=1S/C13H13NO2/c1-2-14-13(16)11-8-7-9-5-3-4-6-10(9)12(11)15/h3-6,8H,2,7H2,1H3,(H,14,16). The second-order valence-electron chi connectivity index (χ2n) is 3.67. The highest BCUT2D eigenvalue weighted by Gasteiger charge is 2.24. The molecule has 0 heterocycles. The minimum Gasteiger partial charge on any atom is -0.352 e. The van der Waals surface area contributed by atoms with Crippen molar-refractivity contribution in [3.63, 3.8) is 0 Å². The molecule has 0 aliphatic heterocycles. The van der Waals surface area contributed by atoms with Crippen molar-refractivity contribution in [1.82, 2.24) is 5.32 Å². The summed E-state index contributed by atoms with van der Waals surface area (Å²) in [6.45, 7) is 2.37. The zero-order valence-electron chi connectivity index (χ0n) is 9.12. The molecule has 1 N–H and O–H groups in total. The maximum absolute atomic E-state index is 12.0. The van der Waals surface area contributed by atoms with Crippen LogP contribution in [-0.2, 0) is 11.2 Å². The summed E-state index contributed by atoms with van der Waals surface area (Å²) in [7, 11) is 0. The zero-order chi connectivity index (χ0) is 11.5. The molecule has 3 nitrogen and oxygen atoms in total. The van der Waals surface area contributed by atoms with Gasteiger partial charge in [-0.1, -0.05) is 30.3 Å². The van der Waals surface area contributed by atoms with Crippen LogP contribution in [0.1, 0.15) is 22.8 Å². The van der Waals surface area contributed by atoms with Crippen LogP contribution in [-0.4, -0.2) is 18.2 Å². The van der Waals surface area contributed by atoms with Crippen LogP contribution in [0.15, 0.2) is 35.9 Å². The fraction of sp³-hybridized carbons (Fsp3) is 0.231. The van der Waals surface area contributed by atoms with E-state index in [1.54, 1.807) is 12.1 Å². The first-order valence-corrected chi connectivity index (χ1v) is 5.35. The van der Waals surface area contributed by atoms with Crippen LogP contribution in [0.2, 0.25) is 0 Å². The number of carbonyl (C=O) groups excluding carboxylic acids is 2. The van der Waals surface area contributed by atoms with Gasteiger partial charge in [0.05, 0.1) is 5.57 Å². The van der Waals surface area contributed by atoms with Crippen LogP contribution >= 0.6 is 0 Å². The molecule has 16 heavy (non-hydrogen) atoms. The van der Waals surface area contributed by atoms with E-state index < -0.39 is 0 Å². The second kappa shape index (κ2) is 4.31. The largest absolute Gasteiger partial charge is 0.352 e. The molecule has 0 aromatic heterocycles. The lowest BCUT2D eigenvalue weighted by Crippen LogP contribution is -2.30. The fourth-order valence-electron chi connectivity index (χ4n) is 1.82. The third kappa shape index (κ3) is 1.76. The molecule has 0 spiro atoms. The van der Waals surface area contributed by atoms with Gasteiger partial charge in [0.1, 0.15) is 0 Å². The first-order valence-electron chi connectivity index (χ1n) is 5.35. The van der Waals surface area contributed by atoms with E-state index in [1.807, 2.05) is 25.1 Å². The lowest BCUT2D eigenvalue weighted by Gasteiger charge is -2.14. The number of amides is 1. The van der Waals surface area contributed by atoms with Crippen LogP contribution < -0.4 is 5.32 Å². The predicted molar refractivity (Wildman–Crippen MR) is 61.2 cm³/mol. The van der Waals surface area contributed by atoms with Crippen LogP contribution in [0, 0.1) is 0 Å². The van der Waals surface area contributed by atoms with Gasteiger partial charge >= 0.3 is 0 Å². The van der Waals surface area contributed by atoms with Crippen LogP contribution in [0.5, 0.6) is 0 Å². The predicted octanol–water partition coefficient (Wildman–Crippen LogP) is 1.49. The minimum atomic E-state index is -0.276. The smallest absolute Gasteiger partial charge is 0.254 e. The quantitative estimate of drug-likeness (QED) is 0.760. The molecule has 1 amide bonds. The maximum atomic E-state index is 12.0. The van der Waals surface area contributed by atoms with Crippen LogP contribution in [0.25, 0.3) is 0 Å². The number of rotatable bonds is 2. The van der Waals surface area contributed by atoms with Crippen molar-refractivity contribution in [2.75, 3.05) is 6.54 Å². The van der Waals surface area contributed by atoms with Crippen molar-refractivity contribution in [1.29, 1.82) is 0 Å². The summed E-state index contributed by atoms with van der Waals surface area (Å²) in [4.78, 5) is 23.6. The summed E-state index contributed by atoms with van der Waals surface area (Å²) in [5, 5.41) is 2.65. The van der Waals surface area contributed by atoms with Gasteiger partial charge in [-0.3, -0.25) is 9.59 Å². The molecule has 0 saturated heterocycles. The van der Waals surface area contributed by atoms with E-state index in [0.717, 1.165) is 5.56 Å². The number of allylic oxidation sites excluding steroid dienone is 1. The number of nitrogens with one attached hydrogen (secondary N) is 1. The van der Waals surface area contributed by atoms with E-state index in [0.29, 0.717) is 18.5 Å². The topological polar surface area (TPSA) is 46.2 Å². The van der Waals surface area contributed by atoms with Gasteiger partial charge in [0.15, 0.2) is 5.78 Å². The maximum Gasteiger partial charge on any atom is 0.254 e. The Bertz CT molecular complexity index is 475. The molecule has 82 valence electrons. The summed E-state index contributed by atoms with van der Waals surface area (Å²) >= 11 is 0. The first kappa shape index (κ1) is 10.6. The average molecular weight is 215 g/mol. The number of Topliss-reactive ketones (excluding diaryl/α,β-unsaturated/α-hetero) is 1. The second-order valence-corrected chi connectivity index (χ2v) is 3.67. The Hall–Kier alpha value is -1.90. The fourth-order valence-corrected chi connectivity index (χ4v) is 1.82. The van der Waals surface area contributed by atoms with E-state index in [1.165, 1.54) is 0 Å². The number of ketones is 1. The molecule has 0 bridgehead atoms. The Kier molecular flexibility index (Phi) is 2.86. The third-order valence-corrected chi connectivity index (χ3v) is 2.61. The van der Waals surface area contributed by atoms with Crippen molar-refractivity contribution < 1.29 is 9.59 Å². The SMILES string of the molecule is CCNC(=O)C1=CCc2ccccc2C1=O. The minimum absolute atomic E-state index is 0.173. The van der Waals surface area contributed by atoms with Gasteiger partial charge in [0.2, 0.25) is 0 Å². The van der Waals surface area contributed by atoms with E-state index in [4.69, 9.17) is 0 Å². The lowest BCUT2D eigenvalue weighted by molar-refractivity contribution is -0.117.